The number of aromatic nitrogens is 1. The monoisotopic (exact) mass is 433 g/mol. The van der Waals surface area contributed by atoms with E-state index in [1.54, 1.807) is 11.3 Å². The maximum absolute atomic E-state index is 6.07. The number of halogens is 2. The Balaban J connectivity index is 1.56. The van der Waals surface area contributed by atoms with Gasteiger partial charge in [-0.3, -0.25) is 4.90 Å². The van der Waals surface area contributed by atoms with Gasteiger partial charge in [-0.15, -0.1) is 0 Å². The van der Waals surface area contributed by atoms with Crippen molar-refractivity contribution in [3.63, 3.8) is 0 Å². The van der Waals surface area contributed by atoms with Crippen LogP contribution in [0.4, 0.5) is 5.13 Å². The molecule has 3 aromatic rings. The number of hydrogen-bond donors (Lipinski definition) is 1. The maximum Gasteiger partial charge on any atom is 0.183 e. The molecule has 0 atom stereocenters. The van der Waals surface area contributed by atoms with Crippen molar-refractivity contribution in [2.24, 2.45) is 0 Å². The lowest BCUT2D eigenvalue weighted by Gasteiger charge is -2.26. The number of anilines is 1. The van der Waals surface area contributed by atoms with E-state index in [0.717, 1.165) is 76.3 Å². The number of ether oxygens (including phenoxy) is 1. The first-order valence-electron chi connectivity index (χ1n) is 9.26. The van der Waals surface area contributed by atoms with Gasteiger partial charge in [-0.25, -0.2) is 4.98 Å². The standard InChI is InChI=1S/C21H21Cl2N3OS/c22-17-5-1-15(2-6-17)19-20(16-3-7-18(23)8-4-16)28-21(25-19)24-9-10-26-11-13-27-14-12-26/h1-8H,9-14H2,(H,24,25). The van der Waals surface area contributed by atoms with Crippen LogP contribution >= 0.6 is 34.5 Å². The molecule has 0 bridgehead atoms. The molecule has 0 unspecified atom stereocenters. The summed E-state index contributed by atoms with van der Waals surface area (Å²) in [6.07, 6.45) is 0. The highest BCUT2D eigenvalue weighted by Gasteiger charge is 2.16. The molecule has 1 aromatic heterocycles. The lowest BCUT2D eigenvalue weighted by molar-refractivity contribution is 0.0398. The normalized spacial score (nSPS) is 14.9. The van der Waals surface area contributed by atoms with Gasteiger partial charge in [-0.2, -0.15) is 0 Å². The number of nitrogens with one attached hydrogen (secondary N) is 1. The van der Waals surface area contributed by atoms with E-state index in [1.165, 1.54) is 0 Å². The van der Waals surface area contributed by atoms with Crippen LogP contribution in [0.15, 0.2) is 48.5 Å². The second kappa shape index (κ2) is 9.25. The summed E-state index contributed by atoms with van der Waals surface area (Å²) in [5.74, 6) is 0. The molecule has 28 heavy (non-hydrogen) atoms. The first-order valence-corrected chi connectivity index (χ1v) is 10.8. The van der Waals surface area contributed by atoms with Crippen molar-refractivity contribution in [2.75, 3.05) is 44.7 Å². The van der Waals surface area contributed by atoms with Crippen LogP contribution in [0.25, 0.3) is 21.7 Å². The molecular formula is C21H21Cl2N3OS. The van der Waals surface area contributed by atoms with E-state index >= 15 is 0 Å². The zero-order chi connectivity index (χ0) is 19.3. The lowest BCUT2D eigenvalue weighted by atomic mass is 10.1. The molecule has 1 fully saturated rings. The molecule has 0 spiro atoms. The maximum atomic E-state index is 6.07. The van der Waals surface area contributed by atoms with E-state index in [9.17, 15) is 0 Å². The lowest BCUT2D eigenvalue weighted by Crippen LogP contribution is -2.38. The molecule has 1 saturated heterocycles. The smallest absolute Gasteiger partial charge is 0.183 e. The number of nitrogens with zero attached hydrogens (tertiary/aromatic N) is 2. The highest BCUT2D eigenvalue weighted by Crippen LogP contribution is 2.39. The van der Waals surface area contributed by atoms with Gasteiger partial charge in [0.1, 0.15) is 0 Å². The van der Waals surface area contributed by atoms with Gasteiger partial charge < -0.3 is 10.1 Å². The van der Waals surface area contributed by atoms with Gasteiger partial charge in [0.25, 0.3) is 0 Å². The summed E-state index contributed by atoms with van der Waals surface area (Å²) in [7, 11) is 0. The summed E-state index contributed by atoms with van der Waals surface area (Å²) in [6, 6.07) is 15.7. The largest absolute Gasteiger partial charge is 0.379 e. The van der Waals surface area contributed by atoms with Gasteiger partial charge in [0.05, 0.1) is 23.8 Å². The zero-order valence-electron chi connectivity index (χ0n) is 15.3. The second-order valence-electron chi connectivity index (χ2n) is 6.59. The van der Waals surface area contributed by atoms with Crippen LogP contribution in [0.5, 0.6) is 0 Å². The number of thiazole rings is 1. The van der Waals surface area contributed by atoms with E-state index < -0.39 is 0 Å². The Morgan fingerprint density at radius 3 is 2.18 bits per heavy atom. The van der Waals surface area contributed by atoms with Gasteiger partial charge in [-0.1, -0.05) is 58.8 Å². The summed E-state index contributed by atoms with van der Waals surface area (Å²) in [5, 5.41) is 5.85. The Bertz CT molecular complexity index is 843. The van der Waals surface area contributed by atoms with Crippen LogP contribution in [0.1, 0.15) is 0 Å². The fourth-order valence-corrected chi connectivity index (χ4v) is 4.41. The topological polar surface area (TPSA) is 37.4 Å². The van der Waals surface area contributed by atoms with E-state index in [-0.39, 0.29) is 0 Å². The van der Waals surface area contributed by atoms with Crippen molar-refractivity contribution in [2.45, 2.75) is 0 Å². The minimum Gasteiger partial charge on any atom is -0.379 e. The molecule has 146 valence electrons. The Kier molecular flexibility index (Phi) is 6.50. The summed E-state index contributed by atoms with van der Waals surface area (Å²) < 4.78 is 5.41. The van der Waals surface area contributed by atoms with Crippen molar-refractivity contribution in [3.05, 3.63) is 58.6 Å². The zero-order valence-corrected chi connectivity index (χ0v) is 17.7. The van der Waals surface area contributed by atoms with Crippen molar-refractivity contribution < 1.29 is 4.74 Å². The quantitative estimate of drug-likeness (QED) is 0.554. The predicted octanol–water partition coefficient (Wildman–Crippen LogP) is 5.53. The average Bonchev–Trinajstić information content (AvgIpc) is 3.14. The third kappa shape index (κ3) is 4.85. The Morgan fingerprint density at radius 2 is 1.54 bits per heavy atom. The molecule has 4 rings (SSSR count). The molecule has 2 aromatic carbocycles. The van der Waals surface area contributed by atoms with E-state index in [1.807, 2.05) is 48.5 Å². The second-order valence-corrected chi connectivity index (χ2v) is 8.46. The number of morpholine rings is 1. The van der Waals surface area contributed by atoms with Crippen LogP contribution in [-0.2, 0) is 4.74 Å². The highest BCUT2D eigenvalue weighted by molar-refractivity contribution is 7.19. The first-order chi connectivity index (χ1) is 13.7. The fourth-order valence-electron chi connectivity index (χ4n) is 3.14. The third-order valence-electron chi connectivity index (χ3n) is 4.66. The third-order valence-corrected chi connectivity index (χ3v) is 6.23. The summed E-state index contributed by atoms with van der Waals surface area (Å²) in [6.45, 7) is 5.46. The van der Waals surface area contributed by atoms with E-state index in [4.69, 9.17) is 32.9 Å². The molecule has 7 heteroatoms. The van der Waals surface area contributed by atoms with Crippen molar-refractivity contribution in [3.8, 4) is 21.7 Å². The minimum absolute atomic E-state index is 0.718. The fraction of sp³-hybridized carbons (Fsp3) is 0.286. The number of benzene rings is 2. The molecule has 0 radical (unpaired) electrons. The van der Waals surface area contributed by atoms with E-state index in [2.05, 4.69) is 10.2 Å². The van der Waals surface area contributed by atoms with Crippen LogP contribution in [0.3, 0.4) is 0 Å². The summed E-state index contributed by atoms with van der Waals surface area (Å²) in [4.78, 5) is 8.41. The van der Waals surface area contributed by atoms with Crippen molar-refractivity contribution >= 4 is 39.7 Å². The molecule has 1 aliphatic heterocycles. The highest BCUT2D eigenvalue weighted by atomic mass is 35.5. The summed E-state index contributed by atoms with van der Waals surface area (Å²) in [5.41, 5.74) is 3.11. The SMILES string of the molecule is Clc1ccc(-c2nc(NCCN3CCOCC3)sc2-c2ccc(Cl)cc2)cc1. The van der Waals surface area contributed by atoms with Gasteiger partial charge in [-0.05, 0) is 29.8 Å². The molecule has 0 aliphatic carbocycles. The molecule has 4 nitrogen and oxygen atoms in total. The first kappa shape index (κ1) is 19.7. The van der Waals surface area contributed by atoms with Crippen LogP contribution < -0.4 is 5.32 Å². The van der Waals surface area contributed by atoms with Crippen molar-refractivity contribution in [1.82, 2.24) is 9.88 Å². The van der Waals surface area contributed by atoms with Crippen molar-refractivity contribution in [1.29, 1.82) is 0 Å². The van der Waals surface area contributed by atoms with E-state index in [0.29, 0.717) is 0 Å². The molecular weight excluding hydrogens is 413 g/mol. The van der Waals surface area contributed by atoms with Crippen LogP contribution in [0, 0.1) is 0 Å². The Labute approximate surface area is 179 Å². The van der Waals surface area contributed by atoms with Crippen LogP contribution in [0.2, 0.25) is 10.0 Å². The van der Waals surface area contributed by atoms with Gasteiger partial charge in [0, 0.05) is 41.8 Å². The predicted molar refractivity (Wildman–Crippen MR) is 119 cm³/mol. The average molecular weight is 434 g/mol. The Hall–Kier alpha value is -1.63. The molecule has 0 saturated carbocycles. The molecule has 0 amide bonds. The van der Waals surface area contributed by atoms with Crippen LogP contribution in [-0.4, -0.2) is 49.3 Å². The molecule has 2 heterocycles. The molecule has 1 N–H and O–H groups in total. The van der Waals surface area contributed by atoms with Gasteiger partial charge in [0.2, 0.25) is 0 Å². The molecule has 1 aliphatic rings. The number of rotatable bonds is 6. The van der Waals surface area contributed by atoms with Gasteiger partial charge in [0.15, 0.2) is 5.13 Å². The minimum atomic E-state index is 0.718. The number of hydrogen-bond acceptors (Lipinski definition) is 5. The Morgan fingerprint density at radius 1 is 0.929 bits per heavy atom. The summed E-state index contributed by atoms with van der Waals surface area (Å²) >= 11 is 13.8. The van der Waals surface area contributed by atoms with Gasteiger partial charge >= 0.3 is 0 Å².